The Bertz CT molecular complexity index is 535. The van der Waals surface area contributed by atoms with Gasteiger partial charge < -0.3 is 14.8 Å². The number of benzene rings is 1. The van der Waals surface area contributed by atoms with E-state index in [1.807, 2.05) is 0 Å². The van der Waals surface area contributed by atoms with Crippen LogP contribution < -0.4 is 14.8 Å². The van der Waals surface area contributed by atoms with Crippen LogP contribution in [0.4, 0.5) is 0 Å². The lowest BCUT2D eigenvalue weighted by molar-refractivity contribution is 0.171. The number of hydrogen-bond acceptors (Lipinski definition) is 3. The Balaban J connectivity index is 1.87. The number of allylic oxidation sites excluding steroid dienone is 2. The predicted molar refractivity (Wildman–Crippen MR) is 85.2 cm³/mol. The van der Waals surface area contributed by atoms with E-state index in [2.05, 4.69) is 56.4 Å². The van der Waals surface area contributed by atoms with Crippen molar-refractivity contribution in [3.05, 3.63) is 35.9 Å². The third-order valence-corrected chi connectivity index (χ3v) is 4.30. The molecule has 0 saturated heterocycles. The van der Waals surface area contributed by atoms with Crippen LogP contribution in [0.5, 0.6) is 11.5 Å². The fourth-order valence-corrected chi connectivity index (χ4v) is 2.99. The van der Waals surface area contributed by atoms with Gasteiger partial charge >= 0.3 is 0 Å². The lowest BCUT2D eigenvalue weighted by Gasteiger charge is -2.34. The van der Waals surface area contributed by atoms with Gasteiger partial charge in [-0.25, -0.2) is 0 Å². The summed E-state index contributed by atoms with van der Waals surface area (Å²) in [5.74, 6) is 1.76. The SMILES string of the molecule is CC(C)(C)NCC1(c2ccc3c(c2)OCCO3)CC=CC1. The normalized spacial score (nSPS) is 19.8. The van der Waals surface area contributed by atoms with Crippen LogP contribution in [0.25, 0.3) is 0 Å². The van der Waals surface area contributed by atoms with Crippen LogP contribution in [-0.2, 0) is 5.41 Å². The van der Waals surface area contributed by atoms with E-state index in [4.69, 9.17) is 9.47 Å². The standard InChI is InChI=1S/C18H25NO2/c1-17(2,3)19-13-18(8-4-5-9-18)14-6-7-15-16(12-14)21-11-10-20-15/h4-7,12,19H,8-11,13H2,1-3H3. The molecule has 0 bridgehead atoms. The lowest BCUT2D eigenvalue weighted by atomic mass is 9.77. The van der Waals surface area contributed by atoms with Gasteiger partial charge in [-0.1, -0.05) is 18.2 Å². The summed E-state index contributed by atoms with van der Waals surface area (Å²) >= 11 is 0. The van der Waals surface area contributed by atoms with Gasteiger partial charge in [-0.05, 0) is 51.3 Å². The second-order valence-corrected chi connectivity index (χ2v) is 7.12. The Kier molecular flexibility index (Phi) is 3.70. The van der Waals surface area contributed by atoms with Crippen LogP contribution in [0.1, 0.15) is 39.2 Å². The van der Waals surface area contributed by atoms with E-state index in [-0.39, 0.29) is 11.0 Å². The smallest absolute Gasteiger partial charge is 0.161 e. The van der Waals surface area contributed by atoms with Crippen molar-refractivity contribution >= 4 is 0 Å². The maximum Gasteiger partial charge on any atom is 0.161 e. The zero-order valence-electron chi connectivity index (χ0n) is 13.2. The van der Waals surface area contributed by atoms with Gasteiger partial charge in [0.2, 0.25) is 0 Å². The van der Waals surface area contributed by atoms with Crippen molar-refractivity contribution in [2.75, 3.05) is 19.8 Å². The maximum absolute atomic E-state index is 5.75. The van der Waals surface area contributed by atoms with Crippen molar-refractivity contribution in [2.45, 2.75) is 44.6 Å². The summed E-state index contributed by atoms with van der Waals surface area (Å²) in [6.45, 7) is 8.91. The summed E-state index contributed by atoms with van der Waals surface area (Å²) < 4.78 is 11.4. The Hall–Kier alpha value is -1.48. The molecular weight excluding hydrogens is 262 g/mol. The second-order valence-electron chi connectivity index (χ2n) is 7.12. The molecule has 21 heavy (non-hydrogen) atoms. The van der Waals surface area contributed by atoms with E-state index >= 15 is 0 Å². The van der Waals surface area contributed by atoms with E-state index in [0.29, 0.717) is 13.2 Å². The van der Waals surface area contributed by atoms with Crippen molar-refractivity contribution < 1.29 is 9.47 Å². The molecule has 1 aromatic carbocycles. The molecule has 1 heterocycles. The van der Waals surface area contributed by atoms with Crippen LogP contribution in [-0.4, -0.2) is 25.3 Å². The van der Waals surface area contributed by atoms with Gasteiger partial charge in [-0.3, -0.25) is 0 Å². The second kappa shape index (κ2) is 5.38. The van der Waals surface area contributed by atoms with E-state index in [1.165, 1.54) is 5.56 Å². The van der Waals surface area contributed by atoms with E-state index in [1.54, 1.807) is 0 Å². The van der Waals surface area contributed by atoms with Crippen LogP contribution in [0.3, 0.4) is 0 Å². The highest BCUT2D eigenvalue weighted by molar-refractivity contribution is 5.47. The van der Waals surface area contributed by atoms with E-state index in [9.17, 15) is 0 Å². The summed E-state index contributed by atoms with van der Waals surface area (Å²) in [7, 11) is 0. The minimum Gasteiger partial charge on any atom is -0.486 e. The molecule has 1 aliphatic carbocycles. The number of nitrogens with one attached hydrogen (secondary N) is 1. The molecule has 0 saturated carbocycles. The first-order valence-electron chi connectivity index (χ1n) is 7.79. The van der Waals surface area contributed by atoms with Crippen molar-refractivity contribution in [3.8, 4) is 11.5 Å². The van der Waals surface area contributed by atoms with Crippen LogP contribution in [0.2, 0.25) is 0 Å². The average Bonchev–Trinajstić information content (AvgIpc) is 2.94. The van der Waals surface area contributed by atoms with Crippen molar-refractivity contribution in [2.24, 2.45) is 0 Å². The molecule has 1 aliphatic heterocycles. The molecule has 3 rings (SSSR count). The summed E-state index contributed by atoms with van der Waals surface area (Å²) in [5, 5.41) is 3.67. The first-order chi connectivity index (χ1) is 9.99. The third-order valence-electron chi connectivity index (χ3n) is 4.30. The molecule has 114 valence electrons. The summed E-state index contributed by atoms with van der Waals surface area (Å²) in [6.07, 6.45) is 6.74. The molecule has 0 spiro atoms. The van der Waals surface area contributed by atoms with Gasteiger partial charge in [0.1, 0.15) is 13.2 Å². The summed E-state index contributed by atoms with van der Waals surface area (Å²) in [4.78, 5) is 0. The summed E-state index contributed by atoms with van der Waals surface area (Å²) in [6, 6.07) is 6.43. The minimum atomic E-state index is 0.128. The first kappa shape index (κ1) is 14.5. The number of rotatable bonds is 3. The number of hydrogen-bond donors (Lipinski definition) is 1. The molecule has 3 nitrogen and oxygen atoms in total. The van der Waals surface area contributed by atoms with Crippen LogP contribution in [0.15, 0.2) is 30.4 Å². The van der Waals surface area contributed by atoms with E-state index < -0.39 is 0 Å². The highest BCUT2D eigenvalue weighted by atomic mass is 16.6. The molecule has 2 aliphatic rings. The van der Waals surface area contributed by atoms with Crippen LogP contribution in [0, 0.1) is 0 Å². The van der Waals surface area contributed by atoms with Gasteiger partial charge in [-0.15, -0.1) is 0 Å². The maximum atomic E-state index is 5.75. The fraction of sp³-hybridized carbons (Fsp3) is 0.556. The lowest BCUT2D eigenvalue weighted by Crippen LogP contribution is -2.45. The highest BCUT2D eigenvalue weighted by Gasteiger charge is 2.34. The van der Waals surface area contributed by atoms with E-state index in [0.717, 1.165) is 30.9 Å². The minimum absolute atomic E-state index is 0.128. The Labute approximate surface area is 127 Å². The topological polar surface area (TPSA) is 30.5 Å². The molecule has 1 N–H and O–H groups in total. The largest absolute Gasteiger partial charge is 0.486 e. The molecule has 0 radical (unpaired) electrons. The molecule has 0 unspecified atom stereocenters. The molecule has 0 aromatic heterocycles. The van der Waals surface area contributed by atoms with Gasteiger partial charge in [0.25, 0.3) is 0 Å². The molecular formula is C18H25NO2. The quantitative estimate of drug-likeness (QED) is 0.864. The molecule has 0 fully saturated rings. The molecule has 1 aromatic rings. The number of fused-ring (bicyclic) bond motifs is 1. The van der Waals surface area contributed by atoms with Crippen molar-refractivity contribution in [3.63, 3.8) is 0 Å². The van der Waals surface area contributed by atoms with Gasteiger partial charge in [-0.2, -0.15) is 0 Å². The van der Waals surface area contributed by atoms with Gasteiger partial charge in [0.15, 0.2) is 11.5 Å². The van der Waals surface area contributed by atoms with Gasteiger partial charge in [0, 0.05) is 17.5 Å². The Morgan fingerprint density at radius 3 is 2.38 bits per heavy atom. The Morgan fingerprint density at radius 2 is 1.71 bits per heavy atom. The molecule has 0 atom stereocenters. The fourth-order valence-electron chi connectivity index (χ4n) is 2.99. The summed E-state index contributed by atoms with van der Waals surface area (Å²) in [5.41, 5.74) is 1.61. The molecule has 3 heteroatoms. The third kappa shape index (κ3) is 3.08. The monoisotopic (exact) mass is 287 g/mol. The van der Waals surface area contributed by atoms with Crippen molar-refractivity contribution in [1.29, 1.82) is 0 Å². The van der Waals surface area contributed by atoms with Gasteiger partial charge in [0.05, 0.1) is 0 Å². The first-order valence-corrected chi connectivity index (χ1v) is 7.79. The van der Waals surface area contributed by atoms with Crippen molar-refractivity contribution in [1.82, 2.24) is 5.32 Å². The number of ether oxygens (including phenoxy) is 2. The Morgan fingerprint density at radius 1 is 1.05 bits per heavy atom. The van der Waals surface area contributed by atoms with Crippen LogP contribution >= 0.6 is 0 Å². The molecule has 0 amide bonds. The zero-order valence-corrected chi connectivity index (χ0v) is 13.2. The predicted octanol–water partition coefficient (Wildman–Crippen LogP) is 3.43. The highest BCUT2D eigenvalue weighted by Crippen LogP contribution is 2.41. The zero-order chi connectivity index (χ0) is 14.9. The average molecular weight is 287 g/mol.